The van der Waals surface area contributed by atoms with E-state index in [1.165, 1.54) is 15.7 Å². The monoisotopic (exact) mass is 469 g/mol. The zero-order chi connectivity index (χ0) is 22.8. The first kappa shape index (κ1) is 21.7. The van der Waals surface area contributed by atoms with E-state index in [0.29, 0.717) is 27.3 Å². The second-order valence-electron chi connectivity index (χ2n) is 7.00. The van der Waals surface area contributed by atoms with Gasteiger partial charge in [-0.2, -0.15) is 0 Å². The van der Waals surface area contributed by atoms with Gasteiger partial charge in [-0.15, -0.1) is 0 Å². The van der Waals surface area contributed by atoms with Gasteiger partial charge in [0.15, 0.2) is 5.82 Å². The van der Waals surface area contributed by atoms with Crippen molar-refractivity contribution in [3.05, 3.63) is 97.5 Å². The van der Waals surface area contributed by atoms with Crippen molar-refractivity contribution in [1.29, 1.82) is 0 Å². The summed E-state index contributed by atoms with van der Waals surface area (Å²) in [6, 6.07) is 14.3. The molecule has 162 valence electrons. The average Bonchev–Trinajstić information content (AvgIpc) is 3.29. The van der Waals surface area contributed by atoms with Gasteiger partial charge >= 0.3 is 5.82 Å². The smallest absolute Gasteiger partial charge is 0.342 e. The number of halogens is 2. The third-order valence-corrected chi connectivity index (χ3v) is 5.69. The van der Waals surface area contributed by atoms with E-state index in [0.717, 1.165) is 5.56 Å². The van der Waals surface area contributed by atoms with E-state index in [2.05, 4.69) is 9.98 Å². The van der Waals surface area contributed by atoms with Gasteiger partial charge in [0.25, 0.3) is 5.91 Å². The van der Waals surface area contributed by atoms with Gasteiger partial charge in [0, 0.05) is 28.1 Å². The predicted octanol–water partition coefficient (Wildman–Crippen LogP) is 4.74. The Labute approximate surface area is 193 Å². The van der Waals surface area contributed by atoms with Gasteiger partial charge in [0.2, 0.25) is 0 Å². The van der Waals surface area contributed by atoms with Crippen molar-refractivity contribution < 1.29 is 9.72 Å². The van der Waals surface area contributed by atoms with E-state index in [1.54, 1.807) is 31.2 Å². The number of amides is 1. The first-order valence-corrected chi connectivity index (χ1v) is 10.4. The maximum absolute atomic E-state index is 13.3. The van der Waals surface area contributed by atoms with Crippen LogP contribution in [-0.4, -0.2) is 37.7 Å². The Hall–Kier alpha value is -3.49. The Bertz CT molecular complexity index is 1250. The molecule has 1 aliphatic heterocycles. The summed E-state index contributed by atoms with van der Waals surface area (Å²) in [6.45, 7) is 2.02. The van der Waals surface area contributed by atoms with Crippen molar-refractivity contribution in [2.45, 2.75) is 13.5 Å². The largest absolute Gasteiger partial charge is 0.358 e. The molecule has 1 aliphatic rings. The number of hydrogen-bond donors (Lipinski definition) is 0. The van der Waals surface area contributed by atoms with Gasteiger partial charge in [-0.05, 0) is 23.1 Å². The van der Waals surface area contributed by atoms with Crippen molar-refractivity contribution in [2.24, 2.45) is 4.99 Å². The topological polar surface area (TPSA) is 93.6 Å². The molecule has 0 unspecified atom stereocenters. The first-order chi connectivity index (χ1) is 15.4. The molecule has 10 heteroatoms. The van der Waals surface area contributed by atoms with E-state index >= 15 is 0 Å². The zero-order valence-electron chi connectivity index (χ0n) is 16.9. The SMILES string of the molecule is Cc1ncc([N+](=O)[O-])n1CCN1C(=O)/C(=C/c2c(Cl)cccc2Cl)N=C1c1ccccc1. The van der Waals surface area contributed by atoms with Crippen LogP contribution < -0.4 is 0 Å². The van der Waals surface area contributed by atoms with Gasteiger partial charge in [0.1, 0.15) is 24.3 Å². The van der Waals surface area contributed by atoms with Crippen LogP contribution in [-0.2, 0) is 11.3 Å². The third-order valence-electron chi connectivity index (χ3n) is 5.03. The van der Waals surface area contributed by atoms with Gasteiger partial charge in [0.05, 0.1) is 6.54 Å². The van der Waals surface area contributed by atoms with Crippen LogP contribution in [0.4, 0.5) is 5.82 Å². The molecule has 0 fully saturated rings. The van der Waals surface area contributed by atoms with Crippen LogP contribution in [0, 0.1) is 17.0 Å². The van der Waals surface area contributed by atoms with E-state index in [1.807, 2.05) is 30.3 Å². The van der Waals surface area contributed by atoms with Crippen molar-refractivity contribution in [1.82, 2.24) is 14.5 Å². The van der Waals surface area contributed by atoms with Crippen LogP contribution in [0.25, 0.3) is 6.08 Å². The van der Waals surface area contributed by atoms with E-state index in [4.69, 9.17) is 23.2 Å². The Morgan fingerprint density at radius 1 is 1.06 bits per heavy atom. The molecule has 8 nitrogen and oxygen atoms in total. The van der Waals surface area contributed by atoms with Crippen molar-refractivity contribution in [3.8, 4) is 0 Å². The molecule has 0 saturated carbocycles. The molecule has 3 aromatic rings. The van der Waals surface area contributed by atoms with Gasteiger partial charge < -0.3 is 10.1 Å². The normalized spacial score (nSPS) is 14.8. The fourth-order valence-electron chi connectivity index (χ4n) is 3.43. The lowest BCUT2D eigenvalue weighted by molar-refractivity contribution is -0.392. The lowest BCUT2D eigenvalue weighted by atomic mass is 10.2. The zero-order valence-corrected chi connectivity index (χ0v) is 18.4. The molecule has 0 spiro atoms. The Kier molecular flexibility index (Phi) is 6.07. The molecule has 0 N–H and O–H groups in total. The lowest BCUT2D eigenvalue weighted by Gasteiger charge is -2.18. The third kappa shape index (κ3) is 4.15. The second-order valence-corrected chi connectivity index (χ2v) is 7.81. The highest BCUT2D eigenvalue weighted by atomic mass is 35.5. The summed E-state index contributed by atoms with van der Waals surface area (Å²) < 4.78 is 1.46. The fourth-order valence-corrected chi connectivity index (χ4v) is 3.94. The highest BCUT2D eigenvalue weighted by Gasteiger charge is 2.32. The molecular weight excluding hydrogens is 453 g/mol. The molecule has 0 bridgehead atoms. The summed E-state index contributed by atoms with van der Waals surface area (Å²) in [7, 11) is 0. The van der Waals surface area contributed by atoms with Gasteiger partial charge in [-0.3, -0.25) is 9.69 Å². The van der Waals surface area contributed by atoms with E-state index in [-0.39, 0.29) is 30.5 Å². The highest BCUT2D eigenvalue weighted by Crippen LogP contribution is 2.29. The Balaban J connectivity index is 1.71. The molecule has 0 saturated heterocycles. The summed E-state index contributed by atoms with van der Waals surface area (Å²) in [5, 5.41) is 12.1. The molecule has 1 amide bonds. The minimum Gasteiger partial charge on any atom is -0.358 e. The molecular formula is C22H17Cl2N5O3. The number of rotatable bonds is 6. The number of carbonyl (C=O) groups is 1. The van der Waals surface area contributed by atoms with Crippen LogP contribution in [0.5, 0.6) is 0 Å². The van der Waals surface area contributed by atoms with Crippen LogP contribution in [0.2, 0.25) is 10.0 Å². The molecule has 4 rings (SSSR count). The minimum atomic E-state index is -0.497. The summed E-state index contributed by atoms with van der Waals surface area (Å²) in [6.07, 6.45) is 2.76. The van der Waals surface area contributed by atoms with Crippen molar-refractivity contribution in [2.75, 3.05) is 6.54 Å². The number of nitro groups is 1. The maximum Gasteiger partial charge on any atom is 0.342 e. The number of nitrogens with zero attached hydrogens (tertiary/aromatic N) is 5. The Morgan fingerprint density at radius 2 is 1.75 bits per heavy atom. The molecule has 2 heterocycles. The van der Waals surface area contributed by atoms with Crippen LogP contribution in [0.15, 0.2) is 65.4 Å². The maximum atomic E-state index is 13.3. The lowest BCUT2D eigenvalue weighted by Crippen LogP contribution is -2.35. The molecule has 32 heavy (non-hydrogen) atoms. The fraction of sp³-hybridized carbons (Fsp3) is 0.136. The quantitative estimate of drug-likeness (QED) is 0.296. The average molecular weight is 470 g/mol. The number of aliphatic imine (C=N–C) groups is 1. The molecule has 0 radical (unpaired) electrons. The van der Waals surface area contributed by atoms with Crippen LogP contribution >= 0.6 is 23.2 Å². The molecule has 2 aromatic carbocycles. The number of benzene rings is 2. The van der Waals surface area contributed by atoms with Crippen molar-refractivity contribution in [3.63, 3.8) is 0 Å². The minimum absolute atomic E-state index is 0.133. The number of carbonyl (C=O) groups excluding carboxylic acids is 1. The van der Waals surface area contributed by atoms with Crippen LogP contribution in [0.3, 0.4) is 0 Å². The molecule has 1 aromatic heterocycles. The van der Waals surface area contributed by atoms with Crippen LogP contribution in [0.1, 0.15) is 17.0 Å². The highest BCUT2D eigenvalue weighted by molar-refractivity contribution is 6.37. The van der Waals surface area contributed by atoms with E-state index < -0.39 is 4.92 Å². The van der Waals surface area contributed by atoms with Crippen molar-refractivity contribution >= 4 is 46.8 Å². The van der Waals surface area contributed by atoms with Gasteiger partial charge in [-0.1, -0.05) is 59.6 Å². The molecule has 0 atom stereocenters. The van der Waals surface area contributed by atoms with Gasteiger partial charge in [-0.25, -0.2) is 14.5 Å². The summed E-state index contributed by atoms with van der Waals surface area (Å²) >= 11 is 12.5. The van der Waals surface area contributed by atoms with E-state index in [9.17, 15) is 14.9 Å². The number of amidine groups is 1. The predicted molar refractivity (Wildman–Crippen MR) is 123 cm³/mol. The molecule has 0 aliphatic carbocycles. The summed E-state index contributed by atoms with van der Waals surface area (Å²) in [5.74, 6) is 0.455. The summed E-state index contributed by atoms with van der Waals surface area (Å²) in [5.41, 5.74) is 1.42. The summed E-state index contributed by atoms with van der Waals surface area (Å²) in [4.78, 5) is 34.2. The number of aryl methyl sites for hydroxylation is 1. The number of aromatic nitrogens is 2. The second kappa shape index (κ2) is 8.94. The number of imidazole rings is 1. The number of hydrogen-bond acceptors (Lipinski definition) is 5. The standard InChI is InChI=1S/C22H17Cl2N5O3/c1-14-25-13-20(29(31)32)27(14)10-11-28-21(15-6-3-2-4-7-15)26-19(22(28)30)12-16-17(23)8-5-9-18(16)24/h2-9,12-13H,10-11H2,1H3/b19-12-. The Morgan fingerprint density at radius 3 is 2.41 bits per heavy atom. The first-order valence-electron chi connectivity index (χ1n) is 9.65.